The highest BCUT2D eigenvalue weighted by atomic mass is 16.6. The van der Waals surface area contributed by atoms with Crippen molar-refractivity contribution in [3.05, 3.63) is 30.4 Å². The van der Waals surface area contributed by atoms with E-state index in [2.05, 4.69) is 20.4 Å². The highest BCUT2D eigenvalue weighted by Crippen LogP contribution is 2.45. The summed E-state index contributed by atoms with van der Waals surface area (Å²) in [5, 5.41) is 6.81. The predicted molar refractivity (Wildman–Crippen MR) is 89.6 cm³/mol. The summed E-state index contributed by atoms with van der Waals surface area (Å²) in [6.45, 7) is 0.369. The molecule has 0 aromatic carbocycles. The van der Waals surface area contributed by atoms with E-state index in [-0.39, 0.29) is 18.3 Å². The van der Waals surface area contributed by atoms with E-state index in [1.54, 1.807) is 18.5 Å². The molecule has 2 fully saturated rings. The molecule has 3 heterocycles. The van der Waals surface area contributed by atoms with E-state index >= 15 is 0 Å². The molecule has 8 heteroatoms. The maximum Gasteiger partial charge on any atom is 0.307 e. The van der Waals surface area contributed by atoms with E-state index in [0.717, 1.165) is 31.2 Å². The zero-order valence-electron chi connectivity index (χ0n) is 14.3. The van der Waals surface area contributed by atoms with Crippen LogP contribution >= 0.6 is 0 Å². The molecule has 1 amide bonds. The summed E-state index contributed by atoms with van der Waals surface area (Å²) in [6.07, 6.45) is 7.46. The Bertz CT molecular complexity index is 799. The average Bonchev–Trinajstić information content (AvgIpc) is 3.37. The van der Waals surface area contributed by atoms with Crippen molar-refractivity contribution in [3.63, 3.8) is 0 Å². The molecule has 2 aromatic heterocycles. The van der Waals surface area contributed by atoms with Crippen molar-refractivity contribution in [1.29, 1.82) is 0 Å². The number of carbonyl (C=O) groups excluding carboxylic acids is 2. The number of ether oxygens (including phenoxy) is 1. The Morgan fingerprint density at radius 1 is 1.35 bits per heavy atom. The molecule has 1 aliphatic carbocycles. The molecule has 8 nitrogen and oxygen atoms in total. The van der Waals surface area contributed by atoms with Crippen molar-refractivity contribution in [2.45, 2.75) is 44.1 Å². The molecule has 0 bridgehead atoms. The lowest BCUT2D eigenvalue weighted by Crippen LogP contribution is -2.43. The molecular weight excluding hydrogens is 336 g/mol. The zero-order chi connectivity index (χ0) is 18.0. The highest BCUT2D eigenvalue weighted by molar-refractivity contribution is 5.87. The normalized spacial score (nSPS) is 21.1. The Morgan fingerprint density at radius 3 is 2.96 bits per heavy atom. The van der Waals surface area contributed by atoms with Gasteiger partial charge < -0.3 is 14.6 Å². The number of amides is 1. The fraction of sp³-hybridized carbons (Fsp3) is 0.500. The van der Waals surface area contributed by atoms with E-state index in [4.69, 9.17) is 9.26 Å². The van der Waals surface area contributed by atoms with Gasteiger partial charge in [-0.1, -0.05) is 5.16 Å². The van der Waals surface area contributed by atoms with E-state index in [9.17, 15) is 9.59 Å². The van der Waals surface area contributed by atoms with Crippen LogP contribution in [-0.2, 0) is 20.7 Å². The number of carbonyl (C=O) groups is 2. The lowest BCUT2D eigenvalue weighted by molar-refractivity contribution is -0.149. The van der Waals surface area contributed by atoms with Gasteiger partial charge >= 0.3 is 5.97 Å². The topological polar surface area (TPSA) is 107 Å². The van der Waals surface area contributed by atoms with E-state index in [1.165, 1.54) is 0 Å². The van der Waals surface area contributed by atoms with E-state index in [0.29, 0.717) is 24.7 Å². The molecule has 2 aliphatic rings. The van der Waals surface area contributed by atoms with Crippen LogP contribution in [-0.4, -0.2) is 39.1 Å². The van der Waals surface area contributed by atoms with Crippen molar-refractivity contribution in [1.82, 2.24) is 20.4 Å². The summed E-state index contributed by atoms with van der Waals surface area (Å²) in [7, 11) is 0. The largest absolute Gasteiger partial charge is 0.458 e. The summed E-state index contributed by atoms with van der Waals surface area (Å²) in [4.78, 5) is 32.6. The number of rotatable bonds is 5. The van der Waals surface area contributed by atoms with Gasteiger partial charge in [-0.15, -0.1) is 0 Å². The van der Waals surface area contributed by atoms with Gasteiger partial charge in [0.05, 0.1) is 12.3 Å². The Hall–Kier alpha value is -2.77. The molecule has 1 N–H and O–H groups in total. The van der Waals surface area contributed by atoms with Crippen LogP contribution in [0.25, 0.3) is 11.4 Å². The molecule has 1 saturated carbocycles. The smallest absolute Gasteiger partial charge is 0.307 e. The molecule has 136 valence electrons. The molecule has 26 heavy (non-hydrogen) atoms. The zero-order valence-corrected chi connectivity index (χ0v) is 14.3. The third-order valence-corrected chi connectivity index (χ3v) is 5.12. The van der Waals surface area contributed by atoms with E-state index in [1.807, 2.05) is 6.07 Å². The summed E-state index contributed by atoms with van der Waals surface area (Å²) < 4.78 is 10.7. The molecule has 2 aromatic rings. The minimum Gasteiger partial charge on any atom is -0.458 e. The van der Waals surface area contributed by atoms with Crippen LogP contribution in [0.5, 0.6) is 0 Å². The first-order chi connectivity index (χ1) is 12.7. The number of esters is 1. The monoisotopic (exact) mass is 356 g/mol. The highest BCUT2D eigenvalue weighted by Gasteiger charge is 2.53. The Labute approximate surface area is 150 Å². The summed E-state index contributed by atoms with van der Waals surface area (Å²) in [6, 6.07) is 3.65. The van der Waals surface area contributed by atoms with Crippen molar-refractivity contribution >= 4 is 11.9 Å². The first-order valence-electron chi connectivity index (χ1n) is 8.89. The third-order valence-electron chi connectivity index (χ3n) is 5.12. The molecule has 1 atom stereocenters. The van der Waals surface area contributed by atoms with Crippen LogP contribution in [0.3, 0.4) is 0 Å². The second-order valence-corrected chi connectivity index (χ2v) is 6.80. The third kappa shape index (κ3) is 3.18. The average molecular weight is 356 g/mol. The maximum atomic E-state index is 12.6. The van der Waals surface area contributed by atoms with Gasteiger partial charge in [-0.25, -0.2) is 0 Å². The molecule has 1 saturated heterocycles. The second kappa shape index (κ2) is 6.86. The summed E-state index contributed by atoms with van der Waals surface area (Å²) in [5.41, 5.74) is 0.190. The van der Waals surface area contributed by atoms with Crippen LogP contribution in [0, 0.1) is 5.92 Å². The van der Waals surface area contributed by atoms with Gasteiger partial charge in [0, 0.05) is 30.9 Å². The maximum absolute atomic E-state index is 12.6. The number of pyridine rings is 1. The van der Waals surface area contributed by atoms with Crippen LogP contribution in [0.4, 0.5) is 0 Å². The molecule has 0 unspecified atom stereocenters. The molecule has 1 spiro atoms. The lowest BCUT2D eigenvalue weighted by Gasteiger charge is -2.27. The van der Waals surface area contributed by atoms with Gasteiger partial charge in [-0.3, -0.25) is 14.6 Å². The van der Waals surface area contributed by atoms with Crippen molar-refractivity contribution in [2.75, 3.05) is 6.54 Å². The lowest BCUT2D eigenvalue weighted by atomic mass is 9.85. The standard InChI is InChI=1S/C18H20N4O4/c23-15-10-13(18(25-15)6-1-2-7-18)17(24)20-9-5-14-21-16(22-26-14)12-4-3-8-19-11-12/h3-4,8,11,13H,1-2,5-7,9-10H2,(H,20,24)/t13-/m1/s1. The SMILES string of the molecule is O=C1C[C@H](C(=O)NCCc2nc(-c3cccnc3)no2)C2(CCCC2)O1. The molecule has 0 radical (unpaired) electrons. The second-order valence-electron chi connectivity index (χ2n) is 6.80. The number of hydrogen-bond acceptors (Lipinski definition) is 7. The Balaban J connectivity index is 1.33. The van der Waals surface area contributed by atoms with Gasteiger partial charge in [0.2, 0.25) is 17.6 Å². The van der Waals surface area contributed by atoms with Crippen molar-refractivity contribution < 1.29 is 18.8 Å². The number of nitrogens with one attached hydrogen (secondary N) is 1. The Kier molecular flexibility index (Phi) is 4.40. The van der Waals surface area contributed by atoms with Gasteiger partial charge in [0.15, 0.2) is 0 Å². The van der Waals surface area contributed by atoms with Gasteiger partial charge in [0.1, 0.15) is 5.60 Å². The quantitative estimate of drug-likeness (QED) is 0.812. The molecule has 1 aliphatic heterocycles. The van der Waals surface area contributed by atoms with Crippen LogP contribution in [0.2, 0.25) is 0 Å². The summed E-state index contributed by atoms with van der Waals surface area (Å²) >= 11 is 0. The Morgan fingerprint density at radius 2 is 2.19 bits per heavy atom. The van der Waals surface area contributed by atoms with Crippen molar-refractivity contribution in [2.24, 2.45) is 5.92 Å². The van der Waals surface area contributed by atoms with Gasteiger partial charge in [-0.2, -0.15) is 4.98 Å². The number of nitrogens with zero attached hydrogens (tertiary/aromatic N) is 3. The minimum atomic E-state index is -0.584. The fourth-order valence-electron chi connectivity index (χ4n) is 3.83. The van der Waals surface area contributed by atoms with Crippen LogP contribution in [0.15, 0.2) is 29.0 Å². The minimum absolute atomic E-state index is 0.134. The number of hydrogen-bond donors (Lipinski definition) is 1. The van der Waals surface area contributed by atoms with E-state index < -0.39 is 11.5 Å². The van der Waals surface area contributed by atoms with Crippen LogP contribution < -0.4 is 5.32 Å². The number of aromatic nitrogens is 3. The van der Waals surface area contributed by atoms with Crippen LogP contribution in [0.1, 0.15) is 38.0 Å². The molecular formula is C18H20N4O4. The first-order valence-corrected chi connectivity index (χ1v) is 8.89. The van der Waals surface area contributed by atoms with Gasteiger partial charge in [-0.05, 0) is 37.8 Å². The fourth-order valence-corrected chi connectivity index (χ4v) is 3.83. The first kappa shape index (κ1) is 16.7. The van der Waals surface area contributed by atoms with Crippen molar-refractivity contribution in [3.8, 4) is 11.4 Å². The van der Waals surface area contributed by atoms with Gasteiger partial charge in [0.25, 0.3) is 0 Å². The summed E-state index contributed by atoms with van der Waals surface area (Å²) in [5.74, 6) is 0.110. The molecule has 4 rings (SSSR count). The predicted octanol–water partition coefficient (Wildman–Crippen LogP) is 1.67.